The molecule has 4 nitrogen and oxygen atoms in total. The zero-order chi connectivity index (χ0) is 14.5. The smallest absolute Gasteiger partial charge is 0.227 e. The number of amides is 1. The van der Waals surface area contributed by atoms with Crippen LogP contribution in [0.1, 0.15) is 31.2 Å². The van der Waals surface area contributed by atoms with E-state index in [-0.39, 0.29) is 11.8 Å². The largest absolute Gasteiger partial charge is 0.495 e. The lowest BCUT2D eigenvalue weighted by Crippen LogP contribution is -2.35. The quantitative estimate of drug-likeness (QED) is 0.888. The van der Waals surface area contributed by atoms with Crippen molar-refractivity contribution in [2.24, 2.45) is 17.6 Å². The Morgan fingerprint density at radius 2 is 2.15 bits per heavy atom. The highest BCUT2D eigenvalue weighted by Gasteiger charge is 2.30. The van der Waals surface area contributed by atoms with Crippen LogP contribution in [0.2, 0.25) is 0 Å². The standard InChI is InChI=1S/C16H24N2O2/c1-11-7-8-14(15(9-11)20-2)18-16(19)13-6-4-3-5-12(13)10-17/h7-9,12-13H,3-6,10,17H2,1-2H3,(H,18,19). The van der Waals surface area contributed by atoms with Crippen molar-refractivity contribution in [2.75, 3.05) is 19.0 Å². The molecule has 2 rings (SSSR count). The third-order valence-corrected chi connectivity index (χ3v) is 4.16. The van der Waals surface area contributed by atoms with Crippen LogP contribution in [0.5, 0.6) is 5.75 Å². The van der Waals surface area contributed by atoms with Gasteiger partial charge >= 0.3 is 0 Å². The van der Waals surface area contributed by atoms with Crippen LogP contribution in [0.25, 0.3) is 0 Å². The molecule has 110 valence electrons. The molecule has 0 aliphatic heterocycles. The van der Waals surface area contributed by atoms with E-state index in [9.17, 15) is 4.79 Å². The summed E-state index contributed by atoms with van der Waals surface area (Å²) in [6.45, 7) is 2.59. The van der Waals surface area contributed by atoms with Gasteiger partial charge in [0.2, 0.25) is 5.91 Å². The van der Waals surface area contributed by atoms with Gasteiger partial charge in [-0.15, -0.1) is 0 Å². The predicted octanol–water partition coefficient (Wildman–Crippen LogP) is 2.71. The van der Waals surface area contributed by atoms with E-state index in [1.54, 1.807) is 7.11 Å². The number of ether oxygens (including phenoxy) is 1. The number of rotatable bonds is 4. The molecule has 0 heterocycles. The molecule has 0 bridgehead atoms. The Morgan fingerprint density at radius 1 is 1.40 bits per heavy atom. The number of anilines is 1. The molecule has 1 fully saturated rings. The Kier molecular flexibility index (Phi) is 5.01. The highest BCUT2D eigenvalue weighted by molar-refractivity contribution is 5.94. The van der Waals surface area contributed by atoms with Gasteiger partial charge in [-0.05, 0) is 49.9 Å². The van der Waals surface area contributed by atoms with E-state index in [2.05, 4.69) is 5.32 Å². The molecular weight excluding hydrogens is 252 g/mol. The van der Waals surface area contributed by atoms with E-state index in [1.807, 2.05) is 25.1 Å². The second-order valence-electron chi connectivity index (χ2n) is 5.58. The van der Waals surface area contributed by atoms with Crippen LogP contribution in [0.3, 0.4) is 0 Å². The van der Waals surface area contributed by atoms with Gasteiger partial charge in [-0.25, -0.2) is 0 Å². The molecule has 0 aromatic heterocycles. The van der Waals surface area contributed by atoms with Gasteiger partial charge in [-0.2, -0.15) is 0 Å². The van der Waals surface area contributed by atoms with Gasteiger partial charge in [0.1, 0.15) is 5.75 Å². The van der Waals surface area contributed by atoms with Crippen LogP contribution in [0, 0.1) is 18.8 Å². The number of carbonyl (C=O) groups excluding carboxylic acids is 1. The summed E-state index contributed by atoms with van der Waals surface area (Å²) in [6, 6.07) is 5.79. The summed E-state index contributed by atoms with van der Waals surface area (Å²) in [5.74, 6) is 1.11. The molecule has 3 N–H and O–H groups in total. The van der Waals surface area contributed by atoms with E-state index in [0.29, 0.717) is 18.2 Å². The molecule has 1 aromatic carbocycles. The predicted molar refractivity (Wildman–Crippen MR) is 80.9 cm³/mol. The summed E-state index contributed by atoms with van der Waals surface area (Å²) >= 11 is 0. The van der Waals surface area contributed by atoms with Gasteiger partial charge in [0, 0.05) is 5.92 Å². The summed E-state index contributed by atoms with van der Waals surface area (Å²) in [7, 11) is 1.62. The van der Waals surface area contributed by atoms with E-state index >= 15 is 0 Å². The molecule has 1 aliphatic rings. The second kappa shape index (κ2) is 6.75. The molecule has 20 heavy (non-hydrogen) atoms. The number of methoxy groups -OCH3 is 1. The lowest BCUT2D eigenvalue weighted by molar-refractivity contribution is -0.122. The number of nitrogens with one attached hydrogen (secondary N) is 1. The number of aryl methyl sites for hydroxylation is 1. The molecule has 0 radical (unpaired) electrons. The molecule has 1 aromatic rings. The molecule has 4 heteroatoms. The maximum absolute atomic E-state index is 12.5. The minimum absolute atomic E-state index is 0.0276. The zero-order valence-electron chi connectivity index (χ0n) is 12.3. The lowest BCUT2D eigenvalue weighted by Gasteiger charge is -2.29. The topological polar surface area (TPSA) is 64.3 Å². The molecular formula is C16H24N2O2. The van der Waals surface area contributed by atoms with Crippen molar-refractivity contribution in [1.29, 1.82) is 0 Å². The highest BCUT2D eigenvalue weighted by atomic mass is 16.5. The van der Waals surface area contributed by atoms with Gasteiger partial charge in [0.15, 0.2) is 0 Å². The van der Waals surface area contributed by atoms with Crippen LogP contribution in [-0.2, 0) is 4.79 Å². The number of nitrogens with two attached hydrogens (primary N) is 1. The van der Waals surface area contributed by atoms with Crippen molar-refractivity contribution in [2.45, 2.75) is 32.6 Å². The minimum atomic E-state index is 0.0276. The van der Waals surface area contributed by atoms with Crippen LogP contribution < -0.4 is 15.8 Å². The Bertz CT molecular complexity index is 474. The summed E-state index contributed by atoms with van der Waals surface area (Å²) in [5.41, 5.74) is 7.64. The second-order valence-corrected chi connectivity index (χ2v) is 5.58. The Hall–Kier alpha value is -1.55. The van der Waals surface area contributed by atoms with Gasteiger partial charge in [0.25, 0.3) is 0 Å². The average molecular weight is 276 g/mol. The van der Waals surface area contributed by atoms with E-state index in [1.165, 1.54) is 6.42 Å². The summed E-state index contributed by atoms with van der Waals surface area (Å²) in [4.78, 5) is 12.5. The van der Waals surface area contributed by atoms with Crippen molar-refractivity contribution in [3.05, 3.63) is 23.8 Å². The molecule has 2 unspecified atom stereocenters. The average Bonchev–Trinajstić information content (AvgIpc) is 2.48. The Balaban J connectivity index is 2.10. The van der Waals surface area contributed by atoms with Crippen LogP contribution in [-0.4, -0.2) is 19.6 Å². The Labute approximate surface area is 120 Å². The highest BCUT2D eigenvalue weighted by Crippen LogP contribution is 2.32. The monoisotopic (exact) mass is 276 g/mol. The third-order valence-electron chi connectivity index (χ3n) is 4.16. The molecule has 0 spiro atoms. The first kappa shape index (κ1) is 14.9. The van der Waals surface area contributed by atoms with Crippen molar-refractivity contribution in [3.8, 4) is 5.75 Å². The summed E-state index contributed by atoms with van der Waals surface area (Å²) in [5, 5.41) is 3.00. The molecule has 1 saturated carbocycles. The molecule has 1 amide bonds. The van der Waals surface area contributed by atoms with Gasteiger partial charge in [-0.1, -0.05) is 18.9 Å². The first-order chi connectivity index (χ1) is 9.65. The van der Waals surface area contributed by atoms with Gasteiger partial charge in [-0.3, -0.25) is 4.79 Å². The SMILES string of the molecule is COc1cc(C)ccc1NC(=O)C1CCCCC1CN. The van der Waals surface area contributed by atoms with E-state index in [0.717, 1.165) is 30.5 Å². The maximum Gasteiger partial charge on any atom is 0.227 e. The van der Waals surface area contributed by atoms with Gasteiger partial charge < -0.3 is 15.8 Å². The first-order valence-electron chi connectivity index (χ1n) is 7.31. The van der Waals surface area contributed by atoms with Crippen molar-refractivity contribution >= 4 is 11.6 Å². The van der Waals surface area contributed by atoms with Crippen molar-refractivity contribution in [1.82, 2.24) is 0 Å². The van der Waals surface area contributed by atoms with Crippen LogP contribution in [0.4, 0.5) is 5.69 Å². The zero-order valence-corrected chi connectivity index (χ0v) is 12.3. The number of carbonyl (C=O) groups is 1. The third kappa shape index (κ3) is 3.31. The first-order valence-corrected chi connectivity index (χ1v) is 7.31. The minimum Gasteiger partial charge on any atom is -0.495 e. The van der Waals surface area contributed by atoms with E-state index in [4.69, 9.17) is 10.5 Å². The fourth-order valence-electron chi connectivity index (χ4n) is 2.96. The van der Waals surface area contributed by atoms with Crippen molar-refractivity contribution in [3.63, 3.8) is 0 Å². The van der Waals surface area contributed by atoms with Crippen LogP contribution >= 0.6 is 0 Å². The van der Waals surface area contributed by atoms with E-state index < -0.39 is 0 Å². The number of hydrogen-bond donors (Lipinski definition) is 2. The summed E-state index contributed by atoms with van der Waals surface area (Å²) in [6.07, 6.45) is 4.28. The maximum atomic E-state index is 12.5. The molecule has 0 saturated heterocycles. The van der Waals surface area contributed by atoms with Crippen LogP contribution in [0.15, 0.2) is 18.2 Å². The Morgan fingerprint density at radius 3 is 2.85 bits per heavy atom. The van der Waals surface area contributed by atoms with Crippen molar-refractivity contribution < 1.29 is 9.53 Å². The molecule has 1 aliphatic carbocycles. The lowest BCUT2D eigenvalue weighted by atomic mass is 9.78. The molecule has 2 atom stereocenters. The van der Waals surface area contributed by atoms with Gasteiger partial charge in [0.05, 0.1) is 12.8 Å². The number of benzene rings is 1. The number of hydrogen-bond acceptors (Lipinski definition) is 3. The fourth-order valence-corrected chi connectivity index (χ4v) is 2.96. The normalized spacial score (nSPS) is 22.4. The summed E-state index contributed by atoms with van der Waals surface area (Å²) < 4.78 is 5.33. The fraction of sp³-hybridized carbons (Fsp3) is 0.562.